The average Bonchev–Trinajstić information content (AvgIpc) is 2.98. The van der Waals surface area contributed by atoms with Crippen molar-refractivity contribution in [2.24, 2.45) is 11.3 Å². The van der Waals surface area contributed by atoms with E-state index in [2.05, 4.69) is 19.2 Å². The Labute approximate surface area is 86.5 Å². The van der Waals surface area contributed by atoms with Crippen LogP contribution >= 0.6 is 0 Å². The molecule has 0 unspecified atom stereocenters. The van der Waals surface area contributed by atoms with Gasteiger partial charge < -0.3 is 15.5 Å². The quantitative estimate of drug-likeness (QED) is 0.594. The first kappa shape index (κ1) is 12.0. The summed E-state index contributed by atoms with van der Waals surface area (Å²) < 4.78 is 0. The third kappa shape index (κ3) is 2.94. The predicted octanol–water partition coefficient (Wildman–Crippen LogP) is 0.755. The highest BCUT2D eigenvalue weighted by molar-refractivity contribution is 4.95. The molecule has 3 nitrogen and oxygen atoms in total. The van der Waals surface area contributed by atoms with Gasteiger partial charge in [0.05, 0.1) is 13.2 Å². The minimum atomic E-state index is -0.397. The molecule has 0 bridgehead atoms. The molecule has 1 fully saturated rings. The van der Waals surface area contributed by atoms with E-state index in [1.807, 2.05) is 6.92 Å². The summed E-state index contributed by atoms with van der Waals surface area (Å²) in [6.45, 7) is 7.00. The minimum absolute atomic E-state index is 0.0250. The fourth-order valence-electron chi connectivity index (χ4n) is 1.55. The molecule has 84 valence electrons. The Kier molecular flexibility index (Phi) is 3.56. The van der Waals surface area contributed by atoms with Gasteiger partial charge in [-0.3, -0.25) is 0 Å². The maximum absolute atomic E-state index is 9.14. The van der Waals surface area contributed by atoms with Crippen molar-refractivity contribution in [3.05, 3.63) is 0 Å². The third-order valence-corrected chi connectivity index (χ3v) is 3.33. The fraction of sp³-hybridized carbons (Fsp3) is 1.00. The van der Waals surface area contributed by atoms with Gasteiger partial charge >= 0.3 is 0 Å². The topological polar surface area (TPSA) is 52.5 Å². The Bertz CT molecular complexity index is 179. The molecule has 0 aromatic rings. The van der Waals surface area contributed by atoms with Gasteiger partial charge in [-0.05, 0) is 32.6 Å². The first-order valence-electron chi connectivity index (χ1n) is 5.40. The second-order valence-corrected chi connectivity index (χ2v) is 5.48. The molecular formula is C11H23NO2. The predicted molar refractivity (Wildman–Crippen MR) is 57.1 cm³/mol. The van der Waals surface area contributed by atoms with Crippen LogP contribution in [0, 0.1) is 11.3 Å². The van der Waals surface area contributed by atoms with Gasteiger partial charge in [0.25, 0.3) is 0 Å². The normalized spacial score (nSPS) is 18.6. The molecule has 1 saturated carbocycles. The molecule has 0 saturated heterocycles. The molecule has 1 rings (SSSR count). The number of hydrogen-bond acceptors (Lipinski definition) is 3. The van der Waals surface area contributed by atoms with Crippen molar-refractivity contribution in [3.63, 3.8) is 0 Å². The van der Waals surface area contributed by atoms with Gasteiger partial charge in [0.1, 0.15) is 0 Å². The molecule has 0 radical (unpaired) electrons. The van der Waals surface area contributed by atoms with Gasteiger partial charge in [-0.2, -0.15) is 0 Å². The standard InChI is InChI=1S/C11H23NO2/c1-10(2,9-4-5-9)12-6-11(3,7-13)8-14/h9,12-14H,4-8H2,1-3H3. The van der Waals surface area contributed by atoms with Crippen molar-refractivity contribution >= 4 is 0 Å². The molecule has 0 aromatic carbocycles. The van der Waals surface area contributed by atoms with Crippen LogP contribution in [-0.4, -0.2) is 35.5 Å². The van der Waals surface area contributed by atoms with Crippen molar-refractivity contribution in [1.29, 1.82) is 0 Å². The Morgan fingerprint density at radius 3 is 2.00 bits per heavy atom. The SMILES string of the molecule is CC(CO)(CO)CNC(C)(C)C1CC1. The van der Waals surface area contributed by atoms with Crippen LogP contribution in [0.4, 0.5) is 0 Å². The zero-order valence-electron chi connectivity index (χ0n) is 9.51. The highest BCUT2D eigenvalue weighted by Crippen LogP contribution is 2.39. The zero-order valence-corrected chi connectivity index (χ0v) is 9.51. The molecule has 0 amide bonds. The van der Waals surface area contributed by atoms with Gasteiger partial charge in [0.15, 0.2) is 0 Å². The van der Waals surface area contributed by atoms with Crippen molar-refractivity contribution < 1.29 is 10.2 Å². The second-order valence-electron chi connectivity index (χ2n) is 5.48. The van der Waals surface area contributed by atoms with Crippen LogP contribution in [-0.2, 0) is 0 Å². The van der Waals surface area contributed by atoms with Crippen LogP contribution in [0.25, 0.3) is 0 Å². The Hall–Kier alpha value is -0.120. The maximum atomic E-state index is 9.14. The van der Waals surface area contributed by atoms with Gasteiger partial charge in [0, 0.05) is 17.5 Å². The van der Waals surface area contributed by atoms with Crippen LogP contribution in [0.2, 0.25) is 0 Å². The van der Waals surface area contributed by atoms with E-state index in [1.165, 1.54) is 12.8 Å². The zero-order chi connectivity index (χ0) is 10.8. The summed E-state index contributed by atoms with van der Waals surface area (Å²) >= 11 is 0. The van der Waals surface area contributed by atoms with Crippen LogP contribution in [0.5, 0.6) is 0 Å². The summed E-state index contributed by atoms with van der Waals surface area (Å²) in [5.41, 5.74) is -0.252. The van der Waals surface area contributed by atoms with Crippen molar-refractivity contribution in [2.45, 2.75) is 39.2 Å². The number of hydrogen-bond donors (Lipinski definition) is 3. The lowest BCUT2D eigenvalue weighted by molar-refractivity contribution is 0.0620. The van der Waals surface area contributed by atoms with Crippen LogP contribution in [0.3, 0.4) is 0 Å². The first-order chi connectivity index (χ1) is 6.43. The van der Waals surface area contributed by atoms with Crippen LogP contribution in [0.1, 0.15) is 33.6 Å². The van der Waals surface area contributed by atoms with E-state index in [4.69, 9.17) is 10.2 Å². The molecule has 0 aliphatic heterocycles. The lowest BCUT2D eigenvalue weighted by atomic mass is 9.90. The summed E-state index contributed by atoms with van der Waals surface area (Å²) in [6.07, 6.45) is 2.60. The van der Waals surface area contributed by atoms with Crippen LogP contribution in [0.15, 0.2) is 0 Å². The van der Waals surface area contributed by atoms with Gasteiger partial charge in [-0.1, -0.05) is 6.92 Å². The summed E-state index contributed by atoms with van der Waals surface area (Å²) in [5.74, 6) is 0.768. The van der Waals surface area contributed by atoms with E-state index in [0.29, 0.717) is 6.54 Å². The average molecular weight is 201 g/mol. The molecular weight excluding hydrogens is 178 g/mol. The van der Waals surface area contributed by atoms with Crippen molar-refractivity contribution in [3.8, 4) is 0 Å². The van der Waals surface area contributed by atoms with Crippen LogP contribution < -0.4 is 5.32 Å². The Morgan fingerprint density at radius 2 is 1.64 bits per heavy atom. The Balaban J connectivity index is 2.37. The molecule has 3 N–H and O–H groups in total. The Morgan fingerprint density at radius 1 is 1.14 bits per heavy atom. The molecule has 3 heteroatoms. The van der Waals surface area contributed by atoms with E-state index in [9.17, 15) is 0 Å². The largest absolute Gasteiger partial charge is 0.396 e. The molecule has 1 aliphatic carbocycles. The highest BCUT2D eigenvalue weighted by atomic mass is 16.3. The molecule has 14 heavy (non-hydrogen) atoms. The maximum Gasteiger partial charge on any atom is 0.0519 e. The van der Waals surface area contributed by atoms with Crippen molar-refractivity contribution in [1.82, 2.24) is 5.32 Å². The van der Waals surface area contributed by atoms with Crippen molar-refractivity contribution in [2.75, 3.05) is 19.8 Å². The second kappa shape index (κ2) is 4.17. The van der Waals surface area contributed by atoms with E-state index < -0.39 is 5.41 Å². The van der Waals surface area contributed by atoms with E-state index in [1.54, 1.807) is 0 Å². The third-order valence-electron chi connectivity index (χ3n) is 3.33. The molecule has 0 spiro atoms. The minimum Gasteiger partial charge on any atom is -0.396 e. The van der Waals surface area contributed by atoms with Gasteiger partial charge in [-0.25, -0.2) is 0 Å². The van der Waals surface area contributed by atoms with Gasteiger partial charge in [-0.15, -0.1) is 0 Å². The summed E-state index contributed by atoms with van der Waals surface area (Å²) in [6, 6.07) is 0. The molecule has 0 heterocycles. The fourth-order valence-corrected chi connectivity index (χ4v) is 1.55. The van der Waals surface area contributed by atoms with E-state index in [0.717, 1.165) is 5.92 Å². The number of nitrogens with one attached hydrogen (secondary N) is 1. The lowest BCUT2D eigenvalue weighted by Gasteiger charge is -2.33. The first-order valence-corrected chi connectivity index (χ1v) is 5.40. The van der Waals surface area contributed by atoms with E-state index >= 15 is 0 Å². The molecule has 0 aromatic heterocycles. The summed E-state index contributed by atoms with van der Waals surface area (Å²) in [4.78, 5) is 0. The summed E-state index contributed by atoms with van der Waals surface area (Å²) in [7, 11) is 0. The number of aliphatic hydroxyl groups excluding tert-OH is 2. The monoisotopic (exact) mass is 201 g/mol. The molecule has 0 atom stereocenters. The number of aliphatic hydroxyl groups is 2. The molecule has 1 aliphatic rings. The lowest BCUT2D eigenvalue weighted by Crippen LogP contribution is -2.48. The smallest absolute Gasteiger partial charge is 0.0519 e. The number of rotatable bonds is 6. The highest BCUT2D eigenvalue weighted by Gasteiger charge is 2.38. The van der Waals surface area contributed by atoms with E-state index in [-0.39, 0.29) is 18.8 Å². The van der Waals surface area contributed by atoms with Gasteiger partial charge in [0.2, 0.25) is 0 Å². The summed E-state index contributed by atoms with van der Waals surface area (Å²) in [5, 5.41) is 21.7.